The van der Waals surface area contributed by atoms with Crippen molar-refractivity contribution in [2.75, 3.05) is 6.61 Å². The molecule has 0 aliphatic rings. The van der Waals surface area contributed by atoms with Gasteiger partial charge in [-0.3, -0.25) is 0 Å². The van der Waals surface area contributed by atoms with Crippen molar-refractivity contribution in [2.24, 2.45) is 0 Å². The summed E-state index contributed by atoms with van der Waals surface area (Å²) in [5.74, 6) is -2.79. The SMILES string of the molecule is Fc1cc2c(OCC(F)(F)F)nc(Cl)nc2c(F)c1Br. The number of benzene rings is 1. The van der Waals surface area contributed by atoms with E-state index in [4.69, 9.17) is 11.6 Å². The van der Waals surface area contributed by atoms with Gasteiger partial charge in [-0.25, -0.2) is 13.8 Å². The highest BCUT2D eigenvalue weighted by Crippen LogP contribution is 2.32. The minimum absolute atomic E-state index is 0.350. The minimum Gasteiger partial charge on any atom is -0.467 e. The molecule has 3 nitrogen and oxygen atoms in total. The lowest BCUT2D eigenvalue weighted by atomic mass is 10.2. The van der Waals surface area contributed by atoms with Crippen LogP contribution in [0.15, 0.2) is 10.5 Å². The van der Waals surface area contributed by atoms with E-state index in [1.807, 2.05) is 0 Å². The summed E-state index contributed by atoms with van der Waals surface area (Å²) in [4.78, 5) is 6.90. The molecule has 1 aromatic heterocycles. The first-order valence-corrected chi connectivity index (χ1v) is 6.06. The van der Waals surface area contributed by atoms with Crippen LogP contribution in [0.5, 0.6) is 5.88 Å². The molecule has 108 valence electrons. The Labute approximate surface area is 121 Å². The quantitative estimate of drug-likeness (QED) is 0.445. The summed E-state index contributed by atoms with van der Waals surface area (Å²) in [7, 11) is 0. The molecule has 1 heterocycles. The van der Waals surface area contributed by atoms with Crippen molar-refractivity contribution in [1.29, 1.82) is 0 Å². The van der Waals surface area contributed by atoms with Gasteiger partial charge in [0.25, 0.3) is 0 Å². The summed E-state index contributed by atoms with van der Waals surface area (Å²) in [5.41, 5.74) is -0.449. The van der Waals surface area contributed by atoms with Crippen molar-refractivity contribution in [1.82, 2.24) is 9.97 Å². The zero-order chi connectivity index (χ0) is 15.1. The molecular formula is C10H3BrClF5N2O. The first kappa shape index (κ1) is 15.2. The second-order valence-electron chi connectivity index (χ2n) is 3.58. The van der Waals surface area contributed by atoms with Crippen LogP contribution in [0.4, 0.5) is 22.0 Å². The Balaban J connectivity index is 2.60. The van der Waals surface area contributed by atoms with Gasteiger partial charge in [-0.1, -0.05) is 0 Å². The highest BCUT2D eigenvalue weighted by Gasteiger charge is 2.29. The summed E-state index contributed by atoms with van der Waals surface area (Å²) in [6.45, 7) is -1.67. The number of hydrogen-bond donors (Lipinski definition) is 0. The van der Waals surface area contributed by atoms with Crippen LogP contribution < -0.4 is 4.74 Å². The summed E-state index contributed by atoms with van der Waals surface area (Å²) in [6, 6.07) is 0.754. The van der Waals surface area contributed by atoms with Crippen LogP contribution in [-0.2, 0) is 0 Å². The summed E-state index contributed by atoms with van der Waals surface area (Å²) in [5, 5.41) is -0.871. The third-order valence-electron chi connectivity index (χ3n) is 2.14. The molecular weight excluding hydrogens is 374 g/mol. The molecule has 0 bridgehead atoms. The van der Waals surface area contributed by atoms with E-state index >= 15 is 0 Å². The van der Waals surface area contributed by atoms with Gasteiger partial charge in [-0.05, 0) is 33.6 Å². The molecule has 0 aliphatic heterocycles. The summed E-state index contributed by atoms with van der Waals surface area (Å²) >= 11 is 8.12. The van der Waals surface area contributed by atoms with Gasteiger partial charge in [0.2, 0.25) is 11.2 Å². The molecule has 0 saturated carbocycles. The molecule has 0 N–H and O–H groups in total. The Hall–Kier alpha value is -1.22. The van der Waals surface area contributed by atoms with Crippen molar-refractivity contribution in [3.05, 3.63) is 27.5 Å². The molecule has 10 heteroatoms. The highest BCUT2D eigenvalue weighted by molar-refractivity contribution is 9.10. The molecule has 2 rings (SSSR count). The van der Waals surface area contributed by atoms with E-state index in [0.29, 0.717) is 0 Å². The second kappa shape index (κ2) is 5.28. The highest BCUT2D eigenvalue weighted by atomic mass is 79.9. The summed E-state index contributed by atoms with van der Waals surface area (Å²) < 4.78 is 67.4. The molecule has 0 radical (unpaired) electrons. The van der Waals surface area contributed by atoms with E-state index in [-0.39, 0.29) is 5.39 Å². The number of halogens is 7. The van der Waals surface area contributed by atoms with Gasteiger partial charge in [0.15, 0.2) is 12.4 Å². The molecule has 0 spiro atoms. The standard InChI is InChI=1S/C10H3BrClF5N2O/c11-5-4(13)1-3-7(6(5)14)18-9(12)19-8(3)20-2-10(15,16)17/h1H,2H2. The number of ether oxygens (including phenoxy) is 1. The number of hydrogen-bond acceptors (Lipinski definition) is 3. The molecule has 1 aromatic carbocycles. The summed E-state index contributed by atoms with van der Waals surface area (Å²) in [6.07, 6.45) is -4.63. The molecule has 0 saturated heterocycles. The maximum atomic E-state index is 13.8. The average Bonchev–Trinajstić information content (AvgIpc) is 2.34. The van der Waals surface area contributed by atoms with Crippen LogP contribution in [0.1, 0.15) is 0 Å². The van der Waals surface area contributed by atoms with E-state index in [1.165, 1.54) is 0 Å². The average molecular weight is 377 g/mol. The number of nitrogens with zero attached hydrogens (tertiary/aromatic N) is 2. The fraction of sp³-hybridized carbons (Fsp3) is 0.200. The van der Waals surface area contributed by atoms with Crippen LogP contribution in [0, 0.1) is 11.6 Å². The smallest absolute Gasteiger partial charge is 0.422 e. The van der Waals surface area contributed by atoms with Crippen molar-refractivity contribution in [3.63, 3.8) is 0 Å². The zero-order valence-electron chi connectivity index (χ0n) is 9.23. The monoisotopic (exact) mass is 376 g/mol. The van der Waals surface area contributed by atoms with Gasteiger partial charge in [0.05, 0.1) is 9.86 Å². The van der Waals surface area contributed by atoms with E-state index in [1.54, 1.807) is 0 Å². The number of rotatable bonds is 2. The predicted octanol–water partition coefficient (Wildman–Crippen LogP) is 4.26. The van der Waals surface area contributed by atoms with E-state index in [9.17, 15) is 22.0 Å². The molecule has 20 heavy (non-hydrogen) atoms. The second-order valence-corrected chi connectivity index (χ2v) is 4.72. The van der Waals surface area contributed by atoms with E-state index in [2.05, 4.69) is 30.6 Å². The first-order valence-electron chi connectivity index (χ1n) is 4.89. The van der Waals surface area contributed by atoms with Crippen LogP contribution in [0.2, 0.25) is 5.28 Å². The lowest BCUT2D eigenvalue weighted by molar-refractivity contribution is -0.153. The van der Waals surface area contributed by atoms with Crippen molar-refractivity contribution in [2.45, 2.75) is 6.18 Å². The lowest BCUT2D eigenvalue weighted by Gasteiger charge is -2.11. The van der Waals surface area contributed by atoms with E-state index in [0.717, 1.165) is 6.07 Å². The molecule has 0 fully saturated rings. The topological polar surface area (TPSA) is 35.0 Å². The molecule has 0 unspecified atom stereocenters. The van der Waals surface area contributed by atoms with Crippen molar-refractivity contribution >= 4 is 38.4 Å². The van der Waals surface area contributed by atoms with Crippen LogP contribution in [0.3, 0.4) is 0 Å². The fourth-order valence-corrected chi connectivity index (χ4v) is 1.84. The van der Waals surface area contributed by atoms with Gasteiger partial charge in [-0.2, -0.15) is 18.2 Å². The largest absolute Gasteiger partial charge is 0.467 e. The van der Waals surface area contributed by atoms with Crippen molar-refractivity contribution in [3.8, 4) is 5.88 Å². The van der Waals surface area contributed by atoms with E-state index < -0.39 is 45.6 Å². The van der Waals surface area contributed by atoms with Gasteiger partial charge < -0.3 is 4.74 Å². The van der Waals surface area contributed by atoms with Gasteiger partial charge in [0.1, 0.15) is 11.3 Å². The third kappa shape index (κ3) is 3.09. The van der Waals surface area contributed by atoms with Crippen LogP contribution in [0.25, 0.3) is 10.9 Å². The Kier molecular flexibility index (Phi) is 4.01. The third-order valence-corrected chi connectivity index (χ3v) is 3.03. The Morgan fingerprint density at radius 2 is 1.90 bits per heavy atom. The molecule has 0 aliphatic carbocycles. The number of aromatic nitrogens is 2. The van der Waals surface area contributed by atoms with Crippen LogP contribution in [-0.4, -0.2) is 22.8 Å². The lowest BCUT2D eigenvalue weighted by Crippen LogP contribution is -2.20. The Morgan fingerprint density at radius 3 is 2.50 bits per heavy atom. The van der Waals surface area contributed by atoms with Crippen LogP contribution >= 0.6 is 27.5 Å². The normalized spacial score (nSPS) is 11.9. The predicted molar refractivity (Wildman–Crippen MR) is 63.7 cm³/mol. The number of alkyl halides is 3. The fourth-order valence-electron chi connectivity index (χ4n) is 1.38. The number of fused-ring (bicyclic) bond motifs is 1. The molecule has 0 amide bonds. The molecule has 0 atom stereocenters. The molecule has 2 aromatic rings. The van der Waals surface area contributed by atoms with Crippen molar-refractivity contribution < 1.29 is 26.7 Å². The maximum absolute atomic E-state index is 13.8. The maximum Gasteiger partial charge on any atom is 0.422 e. The van der Waals surface area contributed by atoms with Gasteiger partial charge in [0, 0.05) is 0 Å². The Morgan fingerprint density at radius 1 is 1.25 bits per heavy atom. The zero-order valence-corrected chi connectivity index (χ0v) is 11.6. The first-order chi connectivity index (χ1) is 9.19. The van der Waals surface area contributed by atoms with Gasteiger partial charge in [-0.15, -0.1) is 0 Å². The van der Waals surface area contributed by atoms with Gasteiger partial charge >= 0.3 is 6.18 Å². The Bertz CT molecular complexity index is 679. The minimum atomic E-state index is -4.63.